The van der Waals surface area contributed by atoms with E-state index in [0.717, 1.165) is 37.7 Å². The number of unbranched alkanes of at least 4 members (excludes halogenated alkanes) is 4. The highest BCUT2D eigenvalue weighted by molar-refractivity contribution is 5.98. The third kappa shape index (κ3) is 23.9. The predicted molar refractivity (Wildman–Crippen MR) is 275 cm³/mol. The van der Waals surface area contributed by atoms with Gasteiger partial charge in [0.05, 0.1) is 24.6 Å². The monoisotopic (exact) mass is 1010 g/mol. The smallest absolute Gasteiger partial charge is 0.243 e. The van der Waals surface area contributed by atoms with Crippen LogP contribution in [0.2, 0.25) is 0 Å². The predicted octanol–water partition coefficient (Wildman–Crippen LogP) is 1.08. The van der Waals surface area contributed by atoms with E-state index < -0.39 is 114 Å². The van der Waals surface area contributed by atoms with Crippen molar-refractivity contribution in [2.45, 2.75) is 187 Å². The summed E-state index contributed by atoms with van der Waals surface area (Å²) in [5, 5.41) is 29.6. The fourth-order valence-electron chi connectivity index (χ4n) is 8.61. The van der Waals surface area contributed by atoms with Crippen LogP contribution in [0, 0.1) is 23.7 Å². The Labute approximate surface area is 426 Å². The topological polar surface area (TPSA) is 336 Å². The first kappa shape index (κ1) is 62.8. The number of nitrogens with two attached hydrogens (primary N) is 3. The summed E-state index contributed by atoms with van der Waals surface area (Å²) in [5.74, 6) is -8.11. The zero-order valence-corrected chi connectivity index (χ0v) is 43.7. The molecule has 0 saturated carbocycles. The third-order valence-electron chi connectivity index (χ3n) is 12.7. The van der Waals surface area contributed by atoms with Crippen LogP contribution in [-0.2, 0) is 49.6 Å². The van der Waals surface area contributed by atoms with Gasteiger partial charge in [-0.15, -0.1) is 0 Å². The molecule has 1 aliphatic heterocycles. The van der Waals surface area contributed by atoms with Crippen molar-refractivity contribution in [1.82, 2.24) is 37.2 Å². The molecule has 1 aromatic rings. The first-order valence-electron chi connectivity index (χ1n) is 26.2. The van der Waals surface area contributed by atoms with Gasteiger partial charge in [0, 0.05) is 31.2 Å². The molecule has 1 heterocycles. The number of nitrogens with one attached hydrogen (secondary N) is 7. The Morgan fingerprint density at radius 2 is 1.12 bits per heavy atom. The van der Waals surface area contributed by atoms with Crippen molar-refractivity contribution in [2.24, 2.45) is 40.9 Å². The van der Waals surface area contributed by atoms with Gasteiger partial charge >= 0.3 is 0 Å². The number of amides is 7. The number of carbonyl (C=O) groups is 9. The summed E-state index contributed by atoms with van der Waals surface area (Å²) in [4.78, 5) is 126. The quantitative estimate of drug-likeness (QED) is 0.0647. The van der Waals surface area contributed by atoms with Gasteiger partial charge in [0.25, 0.3) is 0 Å². The molecule has 1 fully saturated rings. The number of aliphatic hydroxyl groups excluding tert-OH is 1. The average Bonchev–Trinajstić information content (AvgIpc) is 3.31. The molecule has 1 aromatic carbocycles. The minimum Gasteiger partial charge on any atom is -0.393 e. The van der Waals surface area contributed by atoms with Crippen LogP contribution in [0.5, 0.6) is 0 Å². The Kier molecular flexibility index (Phi) is 29.8. The van der Waals surface area contributed by atoms with Crippen molar-refractivity contribution in [1.29, 1.82) is 0 Å². The highest BCUT2D eigenvalue weighted by Crippen LogP contribution is 2.19. The molecule has 0 unspecified atom stereocenters. The zero-order valence-electron chi connectivity index (χ0n) is 43.7. The molecule has 0 bridgehead atoms. The Morgan fingerprint density at radius 1 is 0.639 bits per heavy atom. The van der Waals surface area contributed by atoms with E-state index in [1.807, 2.05) is 27.7 Å². The Morgan fingerprint density at radius 3 is 1.68 bits per heavy atom. The molecule has 0 spiro atoms. The molecule has 20 heteroatoms. The molecule has 0 aromatic heterocycles. The number of hydrogen-bond donors (Lipinski definition) is 11. The second-order valence-electron chi connectivity index (χ2n) is 20.2. The molecular formula is C52H88N10O10. The normalized spacial score (nSPS) is 23.5. The van der Waals surface area contributed by atoms with Crippen molar-refractivity contribution < 1.29 is 48.3 Å². The first-order chi connectivity index (χ1) is 34.2. The lowest BCUT2D eigenvalue weighted by molar-refractivity contribution is -0.136. The van der Waals surface area contributed by atoms with Gasteiger partial charge in [-0.1, -0.05) is 97.1 Å². The van der Waals surface area contributed by atoms with Crippen LogP contribution < -0.4 is 54.4 Å². The number of benzene rings is 1. The van der Waals surface area contributed by atoms with Crippen LogP contribution in [0.15, 0.2) is 30.3 Å². The number of hydrogen-bond acceptors (Lipinski definition) is 13. The fraction of sp³-hybridized carbons (Fsp3) is 0.712. The van der Waals surface area contributed by atoms with Gasteiger partial charge in [0.15, 0.2) is 11.6 Å². The van der Waals surface area contributed by atoms with E-state index in [4.69, 9.17) is 17.2 Å². The minimum atomic E-state index is -1.23. The van der Waals surface area contributed by atoms with Crippen LogP contribution in [0.3, 0.4) is 0 Å². The second kappa shape index (κ2) is 34.2. The molecule has 1 aliphatic rings. The summed E-state index contributed by atoms with van der Waals surface area (Å²) in [7, 11) is 0. The highest BCUT2D eigenvalue weighted by atomic mass is 16.3. The lowest BCUT2D eigenvalue weighted by Gasteiger charge is -2.28. The molecule has 0 radical (unpaired) electrons. The standard InChI is InChI=1S/C52H88N10O10/c1-7-8-9-10-14-17-38(63)31-46(66)57-34(6)44(64)29-36-21-25-56-49(69)42(26-32(2)3)62-51(71)41(20-24-55)59-50(70)40(19-23-54)60-52(72)43(27-33(4)5)61-48(68)37(28-35-15-12-11-13-16-35)30-45(65)39(18-22-53)58-47(36)67/h11-13,15-16,32-34,36-43,63H,7-10,14,17-31,53-55H2,1-6H3,(H,56,69)(H,57,66)(H,58,67)(H,59,70)(H,60,72)(H,61,68)(H,62,71)/t34-,36+,37-,38+,39-,40-,41-,42-,43-/m0/s1. The number of rotatable bonds is 24. The summed E-state index contributed by atoms with van der Waals surface area (Å²) in [6.07, 6.45) is 3.64. The lowest BCUT2D eigenvalue weighted by Crippen LogP contribution is -2.59. The number of carbonyl (C=O) groups excluding carboxylic acids is 9. The molecule has 72 heavy (non-hydrogen) atoms. The lowest BCUT2D eigenvalue weighted by atomic mass is 9.89. The summed E-state index contributed by atoms with van der Waals surface area (Å²) in [6.45, 7) is 10.7. The van der Waals surface area contributed by atoms with E-state index in [1.54, 1.807) is 30.3 Å². The molecular weight excluding hydrogens is 925 g/mol. The van der Waals surface area contributed by atoms with Crippen LogP contribution in [-0.4, -0.2) is 127 Å². The largest absolute Gasteiger partial charge is 0.393 e. The van der Waals surface area contributed by atoms with E-state index in [2.05, 4.69) is 44.1 Å². The Hall–Kier alpha value is -5.31. The molecule has 406 valence electrons. The zero-order chi connectivity index (χ0) is 53.8. The molecule has 9 atom stereocenters. The van der Waals surface area contributed by atoms with E-state index in [1.165, 1.54) is 6.92 Å². The van der Waals surface area contributed by atoms with E-state index in [-0.39, 0.29) is 95.8 Å². The SMILES string of the molecule is CCCCCCC[C@@H](O)CC(=O)N[C@@H](C)C(=O)C[C@H]1CCNC(=O)[C@H](CC(C)C)NC(=O)[C@H](CCN)NC(=O)[C@H](CCN)NC(=O)[C@H](CC(C)C)NC(=O)[C@@H](Cc2ccccc2)CC(=O)[C@H](CCN)NC1=O. The molecule has 1 saturated heterocycles. The van der Waals surface area contributed by atoms with Gasteiger partial charge in [0.2, 0.25) is 41.4 Å². The molecule has 0 aliphatic carbocycles. The Bertz CT molecular complexity index is 1890. The number of Topliss-reactive ketones (excluding diaryl/α,β-unsaturated/α-hetero) is 2. The summed E-state index contributed by atoms with van der Waals surface area (Å²) in [6, 6.07) is 1.94. The number of aliphatic hydroxyl groups is 1. The van der Waals surface area contributed by atoms with Crippen molar-refractivity contribution in [3.63, 3.8) is 0 Å². The maximum atomic E-state index is 14.4. The second-order valence-corrected chi connectivity index (χ2v) is 20.2. The number of ketones is 2. The van der Waals surface area contributed by atoms with Gasteiger partial charge in [-0.25, -0.2) is 0 Å². The molecule has 2 rings (SSSR count). The van der Waals surface area contributed by atoms with E-state index in [9.17, 15) is 48.3 Å². The van der Waals surface area contributed by atoms with Crippen LogP contribution >= 0.6 is 0 Å². The van der Waals surface area contributed by atoms with Crippen LogP contribution in [0.25, 0.3) is 0 Å². The maximum absolute atomic E-state index is 14.4. The van der Waals surface area contributed by atoms with Gasteiger partial charge in [-0.05, 0) is 95.3 Å². The van der Waals surface area contributed by atoms with Crippen molar-refractivity contribution in [3.05, 3.63) is 35.9 Å². The van der Waals surface area contributed by atoms with Crippen LogP contribution in [0.4, 0.5) is 0 Å². The first-order valence-corrected chi connectivity index (χ1v) is 26.2. The van der Waals surface area contributed by atoms with Crippen molar-refractivity contribution >= 4 is 52.9 Å². The van der Waals surface area contributed by atoms with Crippen LogP contribution in [0.1, 0.15) is 143 Å². The van der Waals surface area contributed by atoms with E-state index >= 15 is 0 Å². The van der Waals surface area contributed by atoms with Gasteiger partial charge in [-0.3, -0.25) is 43.2 Å². The summed E-state index contributed by atoms with van der Waals surface area (Å²) in [5.41, 5.74) is 18.5. The molecule has 7 amide bonds. The highest BCUT2D eigenvalue weighted by Gasteiger charge is 2.35. The van der Waals surface area contributed by atoms with Gasteiger partial charge in [-0.2, -0.15) is 0 Å². The third-order valence-corrected chi connectivity index (χ3v) is 12.7. The Balaban J connectivity index is 2.63. The summed E-state index contributed by atoms with van der Waals surface area (Å²) >= 11 is 0. The maximum Gasteiger partial charge on any atom is 0.243 e. The summed E-state index contributed by atoms with van der Waals surface area (Å²) < 4.78 is 0. The molecule has 20 nitrogen and oxygen atoms in total. The average molecular weight is 1010 g/mol. The fourth-order valence-corrected chi connectivity index (χ4v) is 8.61. The van der Waals surface area contributed by atoms with Gasteiger partial charge < -0.3 is 59.5 Å². The van der Waals surface area contributed by atoms with E-state index in [0.29, 0.717) is 6.42 Å². The van der Waals surface area contributed by atoms with Crippen molar-refractivity contribution in [3.8, 4) is 0 Å². The molecule has 14 N–H and O–H groups in total. The minimum absolute atomic E-state index is 0.0271. The van der Waals surface area contributed by atoms with Crippen molar-refractivity contribution in [2.75, 3.05) is 26.2 Å². The van der Waals surface area contributed by atoms with Gasteiger partial charge in [0.1, 0.15) is 24.2 Å².